The first-order valence-corrected chi connectivity index (χ1v) is 8.65. The van der Waals surface area contributed by atoms with Crippen molar-refractivity contribution in [3.8, 4) is 0 Å². The molecule has 0 bridgehead atoms. The smallest absolute Gasteiger partial charge is 0.0519 e. The van der Waals surface area contributed by atoms with Gasteiger partial charge in [-0.05, 0) is 34.4 Å². The van der Waals surface area contributed by atoms with Gasteiger partial charge in [-0.1, -0.05) is 42.5 Å². The lowest BCUT2D eigenvalue weighted by atomic mass is 10.0. The van der Waals surface area contributed by atoms with Crippen molar-refractivity contribution >= 4 is 43.4 Å². The van der Waals surface area contributed by atoms with Gasteiger partial charge in [0, 0.05) is 53.5 Å². The summed E-state index contributed by atoms with van der Waals surface area (Å²) in [6, 6.07) is 21.2. The molecule has 0 spiro atoms. The fourth-order valence-corrected chi connectivity index (χ4v) is 3.81. The normalized spacial score (nSPS) is 11.3. The molecular formula is C23H17N3. The van der Waals surface area contributed by atoms with Gasteiger partial charge in [-0.15, -0.1) is 0 Å². The minimum Gasteiger partial charge on any atom is -0.344 e. The molecule has 0 atom stereocenters. The van der Waals surface area contributed by atoms with E-state index in [4.69, 9.17) is 0 Å². The van der Waals surface area contributed by atoms with Crippen LogP contribution in [0.2, 0.25) is 0 Å². The molecule has 0 aliphatic heterocycles. The Hall–Kier alpha value is -3.46. The number of hydrogen-bond donors (Lipinski definition) is 0. The second-order valence-corrected chi connectivity index (χ2v) is 6.44. The lowest BCUT2D eigenvalue weighted by Gasteiger charge is -2.06. The molecule has 0 saturated carbocycles. The molecule has 0 aliphatic carbocycles. The summed E-state index contributed by atoms with van der Waals surface area (Å²) in [7, 11) is 2.11. The second kappa shape index (κ2) is 5.81. The van der Waals surface area contributed by atoms with Crippen LogP contribution in [0.1, 0.15) is 0 Å². The summed E-state index contributed by atoms with van der Waals surface area (Å²) in [6.07, 6.45) is 7.64. The van der Waals surface area contributed by atoms with Crippen molar-refractivity contribution in [2.24, 2.45) is 7.05 Å². The third-order valence-electron chi connectivity index (χ3n) is 5.04. The topological polar surface area (TPSA) is 30.7 Å². The molecule has 3 heterocycles. The number of nitrogens with zero attached hydrogens (tertiary/aromatic N) is 3. The maximum Gasteiger partial charge on any atom is 0.0519 e. The highest BCUT2D eigenvalue weighted by molar-refractivity contribution is 6.18. The van der Waals surface area contributed by atoms with E-state index in [1.807, 2.05) is 24.8 Å². The second-order valence-electron chi connectivity index (χ2n) is 6.44. The van der Waals surface area contributed by atoms with E-state index in [9.17, 15) is 0 Å². The zero-order valence-corrected chi connectivity index (χ0v) is 14.4. The largest absolute Gasteiger partial charge is 0.344 e. The molecule has 0 amide bonds. The highest BCUT2D eigenvalue weighted by atomic mass is 14.9. The van der Waals surface area contributed by atoms with Crippen LogP contribution >= 0.6 is 0 Å². The van der Waals surface area contributed by atoms with Crippen LogP contribution in [0, 0.1) is 0 Å². The van der Waals surface area contributed by atoms with Crippen LogP contribution in [0.5, 0.6) is 0 Å². The van der Waals surface area contributed by atoms with Gasteiger partial charge < -0.3 is 4.57 Å². The van der Waals surface area contributed by atoms with Crippen LogP contribution in [-0.2, 0) is 7.05 Å². The molecule has 3 nitrogen and oxygen atoms in total. The summed E-state index contributed by atoms with van der Waals surface area (Å²) >= 11 is 0. The van der Waals surface area contributed by atoms with Gasteiger partial charge in [0.05, 0.1) is 5.52 Å². The van der Waals surface area contributed by atoms with Crippen molar-refractivity contribution in [1.29, 1.82) is 0 Å². The van der Waals surface area contributed by atoms with Gasteiger partial charge in [-0.25, -0.2) is 0 Å². The molecule has 0 N–H and O–H groups in total. The van der Waals surface area contributed by atoms with Crippen molar-refractivity contribution in [1.82, 2.24) is 14.5 Å². The molecule has 5 aromatic rings. The van der Waals surface area contributed by atoms with Crippen LogP contribution in [0.4, 0.5) is 0 Å². The van der Waals surface area contributed by atoms with Gasteiger partial charge in [0.1, 0.15) is 0 Å². The molecule has 3 heteroatoms. The molecule has 0 saturated heterocycles. The number of aromatic nitrogens is 3. The lowest BCUT2D eigenvalue weighted by Crippen LogP contribution is -1.92. The Morgan fingerprint density at radius 1 is 0.538 bits per heavy atom. The molecule has 0 fully saturated rings. The Labute approximate surface area is 150 Å². The minimum atomic E-state index is 1.13. The van der Waals surface area contributed by atoms with Gasteiger partial charge in [0.25, 0.3) is 0 Å². The Balaban J connectivity index is 2.31. The van der Waals surface area contributed by atoms with Gasteiger partial charge >= 0.3 is 0 Å². The Morgan fingerprint density at radius 3 is 1.88 bits per heavy atom. The number of pyridine rings is 2. The summed E-state index contributed by atoms with van der Waals surface area (Å²) in [4.78, 5) is 8.82. The van der Waals surface area contributed by atoms with E-state index in [0.29, 0.717) is 0 Å². The van der Waals surface area contributed by atoms with Crippen LogP contribution in [-0.4, -0.2) is 14.5 Å². The highest BCUT2D eigenvalue weighted by Gasteiger charge is 2.06. The third-order valence-corrected chi connectivity index (χ3v) is 5.04. The average Bonchev–Trinajstić information content (AvgIpc) is 2.76. The van der Waals surface area contributed by atoms with Gasteiger partial charge in [0.2, 0.25) is 0 Å². The zero-order chi connectivity index (χ0) is 17.5. The Kier molecular flexibility index (Phi) is 3.32. The number of benzene rings is 2. The predicted molar refractivity (Wildman–Crippen MR) is 109 cm³/mol. The number of hydrogen-bond acceptors (Lipinski definition) is 2. The molecular weight excluding hydrogens is 318 g/mol. The summed E-state index contributed by atoms with van der Waals surface area (Å²) in [6.45, 7) is 0. The molecule has 26 heavy (non-hydrogen) atoms. The van der Waals surface area contributed by atoms with E-state index in [1.54, 1.807) is 0 Å². The van der Waals surface area contributed by atoms with E-state index in [1.165, 1.54) is 21.5 Å². The Bertz CT molecular complexity index is 1240. The summed E-state index contributed by atoms with van der Waals surface area (Å²) < 4.78 is 2.24. The number of fused-ring (bicyclic) bond motifs is 7. The average molecular weight is 335 g/mol. The van der Waals surface area contributed by atoms with Crippen molar-refractivity contribution in [3.05, 3.63) is 85.5 Å². The van der Waals surface area contributed by atoms with Crippen LogP contribution in [0.15, 0.2) is 85.5 Å². The zero-order valence-electron chi connectivity index (χ0n) is 14.4. The van der Waals surface area contributed by atoms with Gasteiger partial charge in [0.15, 0.2) is 0 Å². The van der Waals surface area contributed by atoms with E-state index in [-0.39, 0.29) is 0 Å². The first kappa shape index (κ1) is 14.8. The molecule has 0 unspecified atom stereocenters. The molecule has 124 valence electrons. The van der Waals surface area contributed by atoms with Crippen molar-refractivity contribution in [3.63, 3.8) is 0 Å². The monoisotopic (exact) mass is 335 g/mol. The molecule has 2 aromatic carbocycles. The van der Waals surface area contributed by atoms with Gasteiger partial charge in [-0.3, -0.25) is 9.97 Å². The minimum absolute atomic E-state index is 1.13. The standard InChI is InChI=1S/C23H17N3/c1-26-22-9-5-4-8-19(22)20-14-24-12-10-18(20)16-6-2-3-7-17(16)21-15-25-13-11-23(21)26/h2-15H,1H3. The van der Waals surface area contributed by atoms with Crippen molar-refractivity contribution in [2.45, 2.75) is 0 Å². The van der Waals surface area contributed by atoms with Crippen LogP contribution in [0.3, 0.4) is 0 Å². The number of para-hydroxylation sites is 1. The van der Waals surface area contributed by atoms with Crippen molar-refractivity contribution in [2.75, 3.05) is 0 Å². The molecule has 0 aliphatic rings. The quantitative estimate of drug-likeness (QED) is 0.371. The summed E-state index contributed by atoms with van der Waals surface area (Å²) in [5.41, 5.74) is 2.29. The van der Waals surface area contributed by atoms with Crippen LogP contribution in [0.25, 0.3) is 43.4 Å². The summed E-state index contributed by atoms with van der Waals surface area (Å²) in [5, 5.41) is 7.02. The third kappa shape index (κ3) is 2.14. The summed E-state index contributed by atoms with van der Waals surface area (Å²) in [5.74, 6) is 0. The maximum absolute atomic E-state index is 4.42. The predicted octanol–water partition coefficient (Wildman–Crippen LogP) is 5.55. The molecule has 0 radical (unpaired) electrons. The van der Waals surface area contributed by atoms with Crippen molar-refractivity contribution < 1.29 is 0 Å². The SMILES string of the molecule is Cn1c2ccccc2c2cnccc2c2ccccc2c2cnccc21. The maximum atomic E-state index is 4.42. The first-order valence-electron chi connectivity index (χ1n) is 8.65. The van der Waals surface area contributed by atoms with E-state index < -0.39 is 0 Å². The lowest BCUT2D eigenvalue weighted by molar-refractivity contribution is 1.01. The fraction of sp³-hybridized carbons (Fsp3) is 0.0435. The van der Waals surface area contributed by atoms with Gasteiger partial charge in [-0.2, -0.15) is 0 Å². The molecule has 5 rings (SSSR count). The number of aryl methyl sites for hydroxylation is 1. The highest BCUT2D eigenvalue weighted by Crippen LogP contribution is 2.30. The van der Waals surface area contributed by atoms with E-state index >= 15 is 0 Å². The fourth-order valence-electron chi connectivity index (χ4n) is 3.81. The van der Waals surface area contributed by atoms with E-state index in [2.05, 4.69) is 82.2 Å². The Morgan fingerprint density at radius 2 is 1.08 bits per heavy atom. The number of rotatable bonds is 0. The van der Waals surface area contributed by atoms with Crippen LogP contribution < -0.4 is 0 Å². The van der Waals surface area contributed by atoms with E-state index in [0.717, 1.165) is 21.8 Å². The first-order chi connectivity index (χ1) is 12.8. The molecule has 3 aromatic heterocycles.